The summed E-state index contributed by atoms with van der Waals surface area (Å²) in [5.74, 6) is -0.476. The lowest BCUT2D eigenvalue weighted by Gasteiger charge is -2.30. The zero-order valence-electron chi connectivity index (χ0n) is 21.6. The van der Waals surface area contributed by atoms with Crippen LogP contribution < -0.4 is 14.8 Å². The molecule has 1 aliphatic heterocycles. The van der Waals surface area contributed by atoms with Gasteiger partial charge in [-0.2, -0.15) is 5.26 Å². The van der Waals surface area contributed by atoms with E-state index in [1.807, 2.05) is 43.3 Å². The topological polar surface area (TPSA) is 97.6 Å². The lowest BCUT2D eigenvalue weighted by Crippen LogP contribution is -2.29. The van der Waals surface area contributed by atoms with Crippen LogP contribution in [-0.2, 0) is 16.1 Å². The second-order valence-corrected chi connectivity index (χ2v) is 9.93. The van der Waals surface area contributed by atoms with Crippen molar-refractivity contribution in [3.63, 3.8) is 0 Å². The number of fused-ring (bicyclic) bond motifs is 2. The van der Waals surface area contributed by atoms with Gasteiger partial charge in [-0.3, -0.25) is 4.79 Å². The minimum Gasteiger partial charge on any atom is -0.493 e. The van der Waals surface area contributed by atoms with Crippen molar-refractivity contribution < 1.29 is 23.8 Å². The van der Waals surface area contributed by atoms with Crippen molar-refractivity contribution in [1.29, 1.82) is 5.26 Å². The van der Waals surface area contributed by atoms with Crippen molar-refractivity contribution in [2.24, 2.45) is 0 Å². The molecule has 8 heteroatoms. The van der Waals surface area contributed by atoms with Crippen LogP contribution in [0.25, 0.3) is 5.70 Å². The Morgan fingerprint density at radius 1 is 1.10 bits per heavy atom. The third kappa shape index (κ3) is 4.59. The van der Waals surface area contributed by atoms with E-state index in [9.17, 15) is 14.9 Å². The summed E-state index contributed by atoms with van der Waals surface area (Å²) in [5, 5.41) is 12.7. The van der Waals surface area contributed by atoms with Crippen LogP contribution in [0.4, 0.5) is 0 Å². The Labute approximate surface area is 234 Å². The molecular formula is C31H25BrN2O5. The summed E-state index contributed by atoms with van der Waals surface area (Å²) < 4.78 is 17.8. The van der Waals surface area contributed by atoms with E-state index in [-0.39, 0.29) is 19.0 Å². The molecule has 5 rings (SSSR count). The number of nitrogens with zero attached hydrogens (tertiary/aromatic N) is 1. The van der Waals surface area contributed by atoms with Gasteiger partial charge in [-0.1, -0.05) is 42.5 Å². The van der Waals surface area contributed by atoms with E-state index in [1.54, 1.807) is 31.2 Å². The monoisotopic (exact) mass is 584 g/mol. The number of ether oxygens (including phenoxy) is 3. The number of allylic oxidation sites excluding steroid dienone is 2. The second kappa shape index (κ2) is 10.8. The van der Waals surface area contributed by atoms with Crippen molar-refractivity contribution in [1.82, 2.24) is 5.32 Å². The fraction of sp³-hybridized carbons (Fsp3) is 0.194. The number of Topliss-reactive ketones (excluding diaryl/α,β-unsaturated/α-hetero) is 1. The van der Waals surface area contributed by atoms with E-state index >= 15 is 0 Å². The number of nitriles is 1. The van der Waals surface area contributed by atoms with Gasteiger partial charge in [0.1, 0.15) is 6.61 Å². The first-order valence-corrected chi connectivity index (χ1v) is 13.2. The molecule has 0 fully saturated rings. The SMILES string of the molecule is CCOC(=O)C1=C(C)NC2=C(C(=O)c3ccccc32)[C@H]1c1cc(Br)c(OCc2ccccc2C#N)c(OC)c1. The average molecular weight is 585 g/mol. The number of esters is 1. The fourth-order valence-corrected chi connectivity index (χ4v) is 5.67. The lowest BCUT2D eigenvalue weighted by molar-refractivity contribution is -0.138. The molecule has 0 radical (unpaired) electrons. The zero-order chi connectivity index (χ0) is 27.7. The molecule has 196 valence electrons. The molecule has 1 N–H and O–H groups in total. The Morgan fingerprint density at radius 2 is 1.82 bits per heavy atom. The Balaban J connectivity index is 1.61. The standard InChI is InChI=1S/C31H25BrN2O5/c1-4-38-31(36)25-17(2)34-28-21-11-7-8-12-22(21)29(35)27(28)26(25)20-13-23(32)30(24(14-20)37-3)39-16-19-10-6-5-9-18(19)15-33/h5-14,26,34H,4,16H2,1-3H3/t26-/m0/s1. The number of hydrogen-bond acceptors (Lipinski definition) is 7. The molecule has 39 heavy (non-hydrogen) atoms. The van der Waals surface area contributed by atoms with Crippen LogP contribution in [0.3, 0.4) is 0 Å². The third-order valence-corrected chi connectivity index (χ3v) is 7.43. The van der Waals surface area contributed by atoms with Crippen LogP contribution in [0.5, 0.6) is 11.5 Å². The van der Waals surface area contributed by atoms with Crippen molar-refractivity contribution in [2.75, 3.05) is 13.7 Å². The van der Waals surface area contributed by atoms with Gasteiger partial charge < -0.3 is 19.5 Å². The molecule has 3 aromatic rings. The van der Waals surface area contributed by atoms with E-state index in [4.69, 9.17) is 14.2 Å². The maximum atomic E-state index is 13.7. The molecule has 0 amide bonds. The zero-order valence-corrected chi connectivity index (χ0v) is 23.2. The first-order chi connectivity index (χ1) is 18.9. The number of carbonyl (C=O) groups excluding carboxylic acids is 2. The van der Waals surface area contributed by atoms with Gasteiger partial charge in [-0.25, -0.2) is 4.79 Å². The number of halogens is 1. The van der Waals surface area contributed by atoms with Crippen LogP contribution in [0.1, 0.15) is 52.4 Å². The lowest BCUT2D eigenvalue weighted by atomic mass is 9.79. The molecule has 3 aromatic carbocycles. The second-order valence-electron chi connectivity index (χ2n) is 9.07. The number of carbonyl (C=O) groups is 2. The first kappa shape index (κ1) is 26.3. The van der Waals surface area contributed by atoms with Gasteiger partial charge in [0.05, 0.1) is 41.1 Å². The summed E-state index contributed by atoms with van der Waals surface area (Å²) in [6.07, 6.45) is 0. The molecule has 1 atom stereocenters. The molecule has 0 bridgehead atoms. The maximum Gasteiger partial charge on any atom is 0.336 e. The van der Waals surface area contributed by atoms with Crippen LogP contribution in [0, 0.1) is 11.3 Å². The smallest absolute Gasteiger partial charge is 0.336 e. The van der Waals surface area contributed by atoms with Crippen LogP contribution >= 0.6 is 15.9 Å². The van der Waals surface area contributed by atoms with Gasteiger partial charge in [0.25, 0.3) is 0 Å². The maximum absolute atomic E-state index is 13.7. The van der Waals surface area contributed by atoms with Crippen LogP contribution in [-0.4, -0.2) is 25.5 Å². The highest BCUT2D eigenvalue weighted by Crippen LogP contribution is 2.49. The summed E-state index contributed by atoms with van der Waals surface area (Å²) in [6, 6.07) is 20.4. The fourth-order valence-electron chi connectivity index (χ4n) is 5.09. The highest BCUT2D eigenvalue weighted by molar-refractivity contribution is 9.10. The normalized spacial score (nSPS) is 15.8. The van der Waals surface area contributed by atoms with E-state index in [1.165, 1.54) is 7.11 Å². The average Bonchev–Trinajstić information content (AvgIpc) is 3.22. The number of nitrogens with one attached hydrogen (secondary N) is 1. The number of rotatable bonds is 7. The summed E-state index contributed by atoms with van der Waals surface area (Å²) in [5.41, 5.74) is 5.46. The quantitative estimate of drug-likeness (QED) is 0.338. The molecule has 1 aliphatic carbocycles. The van der Waals surface area contributed by atoms with Gasteiger partial charge in [0, 0.05) is 33.9 Å². The number of ketones is 1. The van der Waals surface area contributed by atoms with Gasteiger partial charge >= 0.3 is 5.97 Å². The minimum absolute atomic E-state index is 0.143. The Hall–Kier alpha value is -4.35. The number of dihydropyridines is 1. The van der Waals surface area contributed by atoms with Crippen LogP contribution in [0.2, 0.25) is 0 Å². The molecule has 2 aliphatic rings. The first-order valence-electron chi connectivity index (χ1n) is 12.4. The minimum atomic E-state index is -0.696. The third-order valence-electron chi connectivity index (χ3n) is 6.84. The van der Waals surface area contributed by atoms with Crippen molar-refractivity contribution in [2.45, 2.75) is 26.4 Å². The number of hydrogen-bond donors (Lipinski definition) is 1. The Morgan fingerprint density at radius 3 is 2.54 bits per heavy atom. The Kier molecular flexibility index (Phi) is 7.27. The van der Waals surface area contributed by atoms with Gasteiger partial charge in [-0.15, -0.1) is 0 Å². The molecule has 1 heterocycles. The van der Waals surface area contributed by atoms with Crippen molar-refractivity contribution in [3.05, 3.63) is 110 Å². The van der Waals surface area contributed by atoms with E-state index in [0.717, 1.165) is 11.1 Å². The molecule has 0 saturated heterocycles. The molecule has 0 spiro atoms. The number of methoxy groups -OCH3 is 1. The number of benzene rings is 3. The van der Waals surface area contributed by atoms with Crippen LogP contribution in [0.15, 0.2) is 82.0 Å². The summed E-state index contributed by atoms with van der Waals surface area (Å²) in [6.45, 7) is 3.91. The van der Waals surface area contributed by atoms with Gasteiger partial charge in [0.2, 0.25) is 0 Å². The Bertz CT molecular complexity index is 1620. The summed E-state index contributed by atoms with van der Waals surface area (Å²) >= 11 is 3.61. The van der Waals surface area contributed by atoms with Crippen molar-refractivity contribution >= 4 is 33.4 Å². The van der Waals surface area contributed by atoms with E-state index < -0.39 is 11.9 Å². The molecule has 0 unspecified atom stereocenters. The van der Waals surface area contributed by atoms with Gasteiger partial charge in [0.15, 0.2) is 17.3 Å². The highest BCUT2D eigenvalue weighted by Gasteiger charge is 2.43. The molecule has 7 nitrogen and oxygen atoms in total. The molecular weight excluding hydrogens is 560 g/mol. The largest absolute Gasteiger partial charge is 0.493 e. The van der Waals surface area contributed by atoms with Crippen molar-refractivity contribution in [3.8, 4) is 17.6 Å². The van der Waals surface area contributed by atoms with E-state index in [2.05, 4.69) is 27.3 Å². The molecule has 0 aromatic heterocycles. The highest BCUT2D eigenvalue weighted by atomic mass is 79.9. The molecule has 0 saturated carbocycles. The van der Waals surface area contributed by atoms with Gasteiger partial charge in [-0.05, 0) is 53.5 Å². The predicted molar refractivity (Wildman–Crippen MR) is 149 cm³/mol. The predicted octanol–water partition coefficient (Wildman–Crippen LogP) is 6.04. The summed E-state index contributed by atoms with van der Waals surface area (Å²) in [7, 11) is 1.53. The van der Waals surface area contributed by atoms with E-state index in [0.29, 0.717) is 55.2 Å². The summed E-state index contributed by atoms with van der Waals surface area (Å²) in [4.78, 5) is 26.9.